The van der Waals surface area contributed by atoms with Gasteiger partial charge in [-0.05, 0) is 18.1 Å². The molecule has 1 rings (SSSR count). The van der Waals surface area contributed by atoms with Gasteiger partial charge in [0.1, 0.15) is 0 Å². The molecule has 0 aromatic carbocycles. The van der Waals surface area contributed by atoms with Gasteiger partial charge in [0.15, 0.2) is 5.75 Å². The van der Waals surface area contributed by atoms with Crippen LogP contribution in [0.2, 0.25) is 0 Å². The maximum Gasteiger partial charge on any atom is 0.256 e. The van der Waals surface area contributed by atoms with E-state index >= 15 is 0 Å². The summed E-state index contributed by atoms with van der Waals surface area (Å²) in [7, 11) is 1.48. The summed E-state index contributed by atoms with van der Waals surface area (Å²) in [6, 6.07) is 1.66. The van der Waals surface area contributed by atoms with E-state index < -0.39 is 0 Å². The van der Waals surface area contributed by atoms with Crippen LogP contribution in [0.5, 0.6) is 11.6 Å². The normalized spacial score (nSPS) is 9.64. The summed E-state index contributed by atoms with van der Waals surface area (Å²) in [5, 5.41) is 9.23. The van der Waals surface area contributed by atoms with E-state index in [1.165, 1.54) is 7.11 Å². The van der Waals surface area contributed by atoms with Gasteiger partial charge in [-0.25, -0.2) is 4.98 Å². The van der Waals surface area contributed by atoms with Crippen LogP contribution < -0.4 is 4.74 Å². The molecule has 0 amide bonds. The highest BCUT2D eigenvalue weighted by Crippen LogP contribution is 2.22. The summed E-state index contributed by atoms with van der Waals surface area (Å²) in [6.07, 6.45) is 2.56. The van der Waals surface area contributed by atoms with Gasteiger partial charge in [0.2, 0.25) is 0 Å². The van der Waals surface area contributed by atoms with Gasteiger partial charge in [-0.2, -0.15) is 0 Å². The lowest BCUT2D eigenvalue weighted by molar-refractivity contribution is 0.358. The van der Waals surface area contributed by atoms with Crippen molar-refractivity contribution in [1.82, 2.24) is 4.98 Å². The average Bonchev–Trinajstić information content (AvgIpc) is 2.04. The summed E-state index contributed by atoms with van der Waals surface area (Å²) >= 11 is 0. The minimum Gasteiger partial charge on any atom is -0.503 e. The fourth-order valence-corrected chi connectivity index (χ4v) is 0.833. The Labute approximate surface area is 65.7 Å². The van der Waals surface area contributed by atoms with Gasteiger partial charge >= 0.3 is 0 Å². The summed E-state index contributed by atoms with van der Waals surface area (Å²) in [6.45, 7) is 2.00. The number of aromatic nitrogens is 1. The van der Waals surface area contributed by atoms with Crippen molar-refractivity contribution < 1.29 is 9.84 Å². The third kappa shape index (κ3) is 1.61. The lowest BCUT2D eigenvalue weighted by atomic mass is 10.2. The molecule has 0 bridgehead atoms. The fourth-order valence-electron chi connectivity index (χ4n) is 0.833. The molecule has 3 heteroatoms. The Balaban J connectivity index is 2.99. The molecule has 1 aromatic heterocycles. The number of nitrogens with zero attached hydrogens (tertiary/aromatic N) is 1. The molecule has 1 heterocycles. The van der Waals surface area contributed by atoms with Crippen LogP contribution in [-0.4, -0.2) is 17.2 Å². The summed E-state index contributed by atoms with van der Waals surface area (Å²) in [5.41, 5.74) is 1.00. The molecule has 0 aliphatic rings. The number of aromatic hydroxyl groups is 1. The van der Waals surface area contributed by atoms with Crippen LogP contribution >= 0.6 is 0 Å². The van der Waals surface area contributed by atoms with Gasteiger partial charge in [-0.1, -0.05) is 6.92 Å². The molecule has 1 N–H and O–H groups in total. The number of pyridine rings is 1. The highest BCUT2D eigenvalue weighted by atomic mass is 16.5. The van der Waals surface area contributed by atoms with E-state index in [-0.39, 0.29) is 11.6 Å². The molecule has 0 fully saturated rings. The Morgan fingerprint density at radius 1 is 1.64 bits per heavy atom. The predicted molar refractivity (Wildman–Crippen MR) is 41.8 cm³/mol. The van der Waals surface area contributed by atoms with Crippen LogP contribution in [0.3, 0.4) is 0 Å². The number of hydrogen-bond donors (Lipinski definition) is 1. The monoisotopic (exact) mass is 153 g/mol. The Morgan fingerprint density at radius 2 is 2.36 bits per heavy atom. The highest BCUT2D eigenvalue weighted by Gasteiger charge is 2.01. The summed E-state index contributed by atoms with van der Waals surface area (Å²) in [4.78, 5) is 3.90. The maximum atomic E-state index is 9.23. The minimum atomic E-state index is 0.104. The number of rotatable bonds is 2. The highest BCUT2D eigenvalue weighted by molar-refractivity contribution is 5.34. The first kappa shape index (κ1) is 7.85. The molecular weight excluding hydrogens is 142 g/mol. The largest absolute Gasteiger partial charge is 0.503 e. The third-order valence-corrected chi connectivity index (χ3v) is 1.49. The molecule has 0 atom stereocenters. The second-order valence-corrected chi connectivity index (χ2v) is 2.23. The zero-order chi connectivity index (χ0) is 8.27. The van der Waals surface area contributed by atoms with Crippen molar-refractivity contribution in [3.8, 4) is 11.6 Å². The Kier molecular flexibility index (Phi) is 2.31. The molecule has 0 radical (unpaired) electrons. The molecule has 0 aliphatic carbocycles. The molecule has 11 heavy (non-hydrogen) atoms. The van der Waals surface area contributed by atoms with E-state index in [4.69, 9.17) is 4.74 Å². The van der Waals surface area contributed by atoms with Crippen molar-refractivity contribution in [1.29, 1.82) is 0 Å². The Morgan fingerprint density at radius 3 is 2.82 bits per heavy atom. The second-order valence-electron chi connectivity index (χ2n) is 2.23. The van der Waals surface area contributed by atoms with Crippen molar-refractivity contribution in [2.45, 2.75) is 13.3 Å². The Bertz CT molecular complexity index is 248. The van der Waals surface area contributed by atoms with Crippen molar-refractivity contribution in [3.05, 3.63) is 17.8 Å². The van der Waals surface area contributed by atoms with Crippen LogP contribution in [-0.2, 0) is 6.42 Å². The van der Waals surface area contributed by atoms with Crippen LogP contribution in [0, 0.1) is 0 Å². The molecule has 3 nitrogen and oxygen atoms in total. The van der Waals surface area contributed by atoms with E-state index in [1.54, 1.807) is 12.3 Å². The van der Waals surface area contributed by atoms with Crippen molar-refractivity contribution >= 4 is 0 Å². The first-order valence-electron chi connectivity index (χ1n) is 3.49. The predicted octanol–water partition coefficient (Wildman–Crippen LogP) is 1.36. The van der Waals surface area contributed by atoms with Crippen LogP contribution in [0.25, 0.3) is 0 Å². The Hall–Kier alpha value is -1.25. The van der Waals surface area contributed by atoms with Crippen LogP contribution in [0.4, 0.5) is 0 Å². The smallest absolute Gasteiger partial charge is 0.256 e. The van der Waals surface area contributed by atoms with Gasteiger partial charge in [0, 0.05) is 6.20 Å². The standard InChI is InChI=1S/C8H11NO2/c1-3-6-4-7(10)8(11-2)9-5-6/h4-5,10H,3H2,1-2H3. The van der Waals surface area contributed by atoms with E-state index in [2.05, 4.69) is 4.98 Å². The quantitative estimate of drug-likeness (QED) is 0.697. The molecule has 0 unspecified atom stereocenters. The van der Waals surface area contributed by atoms with E-state index in [0.29, 0.717) is 0 Å². The zero-order valence-electron chi connectivity index (χ0n) is 6.66. The minimum absolute atomic E-state index is 0.104. The van der Waals surface area contributed by atoms with Crippen molar-refractivity contribution in [2.75, 3.05) is 7.11 Å². The third-order valence-electron chi connectivity index (χ3n) is 1.49. The lowest BCUT2D eigenvalue weighted by Gasteiger charge is -2.02. The maximum absolute atomic E-state index is 9.23. The average molecular weight is 153 g/mol. The molecule has 0 aliphatic heterocycles. The number of aryl methyl sites for hydroxylation is 1. The fraction of sp³-hybridized carbons (Fsp3) is 0.375. The summed E-state index contributed by atoms with van der Waals surface area (Å²) in [5.74, 6) is 0.383. The van der Waals surface area contributed by atoms with Gasteiger partial charge in [0.05, 0.1) is 7.11 Å². The number of methoxy groups -OCH3 is 1. The van der Waals surface area contributed by atoms with Gasteiger partial charge in [-0.15, -0.1) is 0 Å². The second kappa shape index (κ2) is 3.23. The van der Waals surface area contributed by atoms with Crippen LogP contribution in [0.1, 0.15) is 12.5 Å². The van der Waals surface area contributed by atoms with Gasteiger partial charge < -0.3 is 9.84 Å². The summed E-state index contributed by atoms with van der Waals surface area (Å²) < 4.78 is 4.78. The van der Waals surface area contributed by atoms with E-state index in [0.717, 1.165) is 12.0 Å². The van der Waals surface area contributed by atoms with Crippen LogP contribution in [0.15, 0.2) is 12.3 Å². The lowest BCUT2D eigenvalue weighted by Crippen LogP contribution is -1.89. The van der Waals surface area contributed by atoms with E-state index in [9.17, 15) is 5.11 Å². The first-order valence-corrected chi connectivity index (χ1v) is 3.49. The van der Waals surface area contributed by atoms with Crippen molar-refractivity contribution in [2.24, 2.45) is 0 Å². The molecule has 0 saturated carbocycles. The molecule has 60 valence electrons. The molecular formula is C8H11NO2. The molecule has 0 spiro atoms. The number of ether oxygens (including phenoxy) is 1. The zero-order valence-corrected chi connectivity index (χ0v) is 6.66. The molecule has 0 saturated heterocycles. The van der Waals surface area contributed by atoms with Gasteiger partial charge in [0.25, 0.3) is 5.88 Å². The topological polar surface area (TPSA) is 42.4 Å². The molecule has 1 aromatic rings. The first-order chi connectivity index (χ1) is 5.27. The number of hydrogen-bond acceptors (Lipinski definition) is 3. The van der Waals surface area contributed by atoms with E-state index in [1.807, 2.05) is 6.92 Å². The van der Waals surface area contributed by atoms with Crippen molar-refractivity contribution in [3.63, 3.8) is 0 Å². The SMILES string of the molecule is CCc1cnc(OC)c(O)c1. The van der Waals surface area contributed by atoms with Gasteiger partial charge in [-0.3, -0.25) is 0 Å².